The van der Waals surface area contributed by atoms with Crippen molar-refractivity contribution < 1.29 is 9.53 Å². The first-order valence-electron chi connectivity index (χ1n) is 11.7. The molecule has 0 bridgehead atoms. The molecule has 0 aliphatic carbocycles. The highest BCUT2D eigenvalue weighted by Gasteiger charge is 2.19. The molecule has 0 unspecified atom stereocenters. The van der Waals surface area contributed by atoms with Crippen molar-refractivity contribution in [3.8, 4) is 11.3 Å². The van der Waals surface area contributed by atoms with Crippen LogP contribution < -0.4 is 10.2 Å². The predicted molar refractivity (Wildman–Crippen MR) is 128 cm³/mol. The SMILES string of the molecule is O=C(Nc1ccc(CN2CCOCC2)cc1N1CCCCC1)c1cccc(-c2cn[nH]c2)n1. The Morgan fingerprint density at radius 3 is 2.70 bits per heavy atom. The quantitative estimate of drug-likeness (QED) is 0.602. The lowest BCUT2D eigenvalue weighted by Crippen LogP contribution is -2.35. The van der Waals surface area contributed by atoms with Crippen LogP contribution in [0.4, 0.5) is 11.4 Å². The van der Waals surface area contributed by atoms with E-state index in [0.717, 1.165) is 62.9 Å². The van der Waals surface area contributed by atoms with E-state index < -0.39 is 0 Å². The minimum absolute atomic E-state index is 0.209. The normalized spacial score (nSPS) is 17.2. The molecule has 2 N–H and O–H groups in total. The third kappa shape index (κ3) is 5.23. The number of aromatic amines is 1. The Balaban J connectivity index is 1.38. The van der Waals surface area contributed by atoms with E-state index in [-0.39, 0.29) is 5.91 Å². The molecular weight excluding hydrogens is 416 g/mol. The highest BCUT2D eigenvalue weighted by atomic mass is 16.5. The van der Waals surface area contributed by atoms with Crippen molar-refractivity contribution in [2.24, 2.45) is 0 Å². The fourth-order valence-electron chi connectivity index (χ4n) is 4.49. The van der Waals surface area contributed by atoms with Crippen molar-refractivity contribution in [3.05, 3.63) is 60.0 Å². The van der Waals surface area contributed by atoms with Gasteiger partial charge >= 0.3 is 0 Å². The summed E-state index contributed by atoms with van der Waals surface area (Å²) in [6, 6.07) is 11.9. The Bertz CT molecular complexity index is 1070. The first-order chi connectivity index (χ1) is 16.3. The molecule has 2 aliphatic heterocycles. The molecule has 8 heteroatoms. The van der Waals surface area contributed by atoms with Gasteiger partial charge in [0.25, 0.3) is 5.91 Å². The molecular formula is C25H30N6O2. The summed E-state index contributed by atoms with van der Waals surface area (Å²) < 4.78 is 5.48. The van der Waals surface area contributed by atoms with Crippen molar-refractivity contribution in [1.29, 1.82) is 0 Å². The number of aromatic nitrogens is 3. The van der Waals surface area contributed by atoms with Crippen LogP contribution in [0.5, 0.6) is 0 Å². The van der Waals surface area contributed by atoms with Crippen LogP contribution in [-0.4, -0.2) is 65.4 Å². The van der Waals surface area contributed by atoms with E-state index in [0.29, 0.717) is 11.4 Å². The Morgan fingerprint density at radius 1 is 1.06 bits per heavy atom. The maximum absolute atomic E-state index is 13.1. The number of hydrogen-bond donors (Lipinski definition) is 2. The number of ether oxygens (including phenoxy) is 1. The number of benzene rings is 1. The average molecular weight is 447 g/mol. The van der Waals surface area contributed by atoms with Crippen molar-refractivity contribution in [1.82, 2.24) is 20.1 Å². The molecule has 3 aromatic rings. The lowest BCUT2D eigenvalue weighted by atomic mass is 10.1. The molecule has 1 amide bonds. The van der Waals surface area contributed by atoms with Gasteiger partial charge in [-0.25, -0.2) is 4.98 Å². The minimum atomic E-state index is -0.209. The Hall–Kier alpha value is -3.23. The summed E-state index contributed by atoms with van der Waals surface area (Å²) >= 11 is 0. The molecule has 4 heterocycles. The molecule has 2 aromatic heterocycles. The average Bonchev–Trinajstić information content (AvgIpc) is 3.41. The number of hydrogen-bond acceptors (Lipinski definition) is 6. The van der Waals surface area contributed by atoms with Gasteiger partial charge < -0.3 is 15.0 Å². The van der Waals surface area contributed by atoms with E-state index in [4.69, 9.17) is 4.74 Å². The monoisotopic (exact) mass is 446 g/mol. The molecule has 2 fully saturated rings. The summed E-state index contributed by atoms with van der Waals surface area (Å²) in [7, 11) is 0. The maximum Gasteiger partial charge on any atom is 0.274 e. The number of rotatable bonds is 6. The molecule has 0 spiro atoms. The zero-order valence-corrected chi connectivity index (χ0v) is 18.8. The van der Waals surface area contributed by atoms with Crippen molar-refractivity contribution >= 4 is 17.3 Å². The molecule has 0 saturated carbocycles. The number of pyridine rings is 1. The number of nitrogens with zero attached hydrogens (tertiary/aromatic N) is 4. The Labute approximate surface area is 194 Å². The van der Waals surface area contributed by atoms with Gasteiger partial charge in [-0.15, -0.1) is 0 Å². The van der Waals surface area contributed by atoms with Crippen LogP contribution in [0.25, 0.3) is 11.3 Å². The highest BCUT2D eigenvalue weighted by molar-refractivity contribution is 6.05. The number of carbonyl (C=O) groups excluding carboxylic acids is 1. The molecule has 0 atom stereocenters. The number of nitrogens with one attached hydrogen (secondary N) is 2. The Kier molecular flexibility index (Phi) is 6.64. The van der Waals surface area contributed by atoms with E-state index in [2.05, 4.69) is 42.4 Å². The van der Waals surface area contributed by atoms with Crippen molar-refractivity contribution in [2.75, 3.05) is 49.6 Å². The molecule has 33 heavy (non-hydrogen) atoms. The van der Waals surface area contributed by atoms with Gasteiger partial charge in [-0.2, -0.15) is 5.10 Å². The van der Waals surface area contributed by atoms with Gasteiger partial charge in [0.2, 0.25) is 0 Å². The summed E-state index contributed by atoms with van der Waals surface area (Å²) in [4.78, 5) is 22.5. The second-order valence-electron chi connectivity index (χ2n) is 8.64. The standard InChI is InChI=1S/C25H30N6O2/c32-25(23-6-4-5-21(28-23)20-16-26-27-17-20)29-22-8-7-19(18-30-11-13-33-14-12-30)15-24(22)31-9-2-1-3-10-31/h4-8,15-17H,1-3,9-14,18H2,(H,26,27)(H,29,32). The summed E-state index contributed by atoms with van der Waals surface area (Å²) in [5.41, 5.74) is 5.15. The predicted octanol–water partition coefficient (Wildman–Crippen LogP) is 3.55. The van der Waals surface area contributed by atoms with Crippen LogP contribution >= 0.6 is 0 Å². The molecule has 0 radical (unpaired) electrons. The summed E-state index contributed by atoms with van der Waals surface area (Å²) in [6.07, 6.45) is 7.08. The maximum atomic E-state index is 13.1. The van der Waals surface area contributed by atoms with Gasteiger partial charge in [-0.05, 0) is 49.1 Å². The molecule has 2 saturated heterocycles. The second kappa shape index (κ2) is 10.1. The van der Waals surface area contributed by atoms with Crippen molar-refractivity contribution in [2.45, 2.75) is 25.8 Å². The fraction of sp³-hybridized carbons (Fsp3) is 0.400. The first kappa shape index (κ1) is 21.6. The third-order valence-electron chi connectivity index (χ3n) is 6.29. The van der Waals surface area contributed by atoms with Crippen LogP contribution in [-0.2, 0) is 11.3 Å². The van der Waals surface area contributed by atoms with Crippen LogP contribution in [0.1, 0.15) is 35.3 Å². The van der Waals surface area contributed by atoms with Crippen LogP contribution in [0.2, 0.25) is 0 Å². The summed E-state index contributed by atoms with van der Waals surface area (Å²) in [5.74, 6) is -0.209. The molecule has 2 aliphatic rings. The zero-order valence-electron chi connectivity index (χ0n) is 18.8. The number of anilines is 2. The molecule has 8 nitrogen and oxygen atoms in total. The molecule has 5 rings (SSSR count). The van der Waals surface area contributed by atoms with E-state index in [1.807, 2.05) is 18.2 Å². The van der Waals surface area contributed by atoms with Crippen LogP contribution in [0.3, 0.4) is 0 Å². The lowest BCUT2D eigenvalue weighted by molar-refractivity contribution is 0.0342. The topological polar surface area (TPSA) is 86.4 Å². The molecule has 172 valence electrons. The van der Waals surface area contributed by atoms with E-state index in [9.17, 15) is 4.79 Å². The lowest BCUT2D eigenvalue weighted by Gasteiger charge is -2.32. The summed E-state index contributed by atoms with van der Waals surface area (Å²) in [5, 5.41) is 9.89. The van der Waals surface area contributed by atoms with Crippen molar-refractivity contribution in [3.63, 3.8) is 0 Å². The third-order valence-corrected chi connectivity index (χ3v) is 6.29. The van der Waals surface area contributed by atoms with E-state index >= 15 is 0 Å². The fourth-order valence-corrected chi connectivity index (χ4v) is 4.49. The smallest absolute Gasteiger partial charge is 0.274 e. The largest absolute Gasteiger partial charge is 0.379 e. The van der Waals surface area contributed by atoms with Crippen LogP contribution in [0, 0.1) is 0 Å². The summed E-state index contributed by atoms with van der Waals surface area (Å²) in [6.45, 7) is 6.41. The van der Waals surface area contributed by atoms with Gasteiger partial charge in [0.05, 0.1) is 36.5 Å². The molecule has 1 aromatic carbocycles. The number of piperidine rings is 1. The number of morpholine rings is 1. The Morgan fingerprint density at radius 2 is 1.91 bits per heavy atom. The zero-order chi connectivity index (χ0) is 22.5. The van der Waals surface area contributed by atoms with Gasteiger partial charge in [-0.1, -0.05) is 12.1 Å². The number of H-pyrrole nitrogens is 1. The van der Waals surface area contributed by atoms with Crippen LogP contribution in [0.15, 0.2) is 48.8 Å². The first-order valence-corrected chi connectivity index (χ1v) is 11.7. The van der Waals surface area contributed by atoms with Gasteiger partial charge in [0, 0.05) is 44.5 Å². The number of carbonyl (C=O) groups is 1. The van der Waals surface area contributed by atoms with Gasteiger partial charge in [0.15, 0.2) is 0 Å². The second-order valence-corrected chi connectivity index (χ2v) is 8.64. The van der Waals surface area contributed by atoms with Gasteiger partial charge in [0.1, 0.15) is 5.69 Å². The van der Waals surface area contributed by atoms with E-state index in [1.54, 1.807) is 18.5 Å². The minimum Gasteiger partial charge on any atom is -0.379 e. The van der Waals surface area contributed by atoms with E-state index in [1.165, 1.54) is 24.8 Å². The number of amides is 1. The van der Waals surface area contributed by atoms with Gasteiger partial charge in [-0.3, -0.25) is 14.8 Å². The highest BCUT2D eigenvalue weighted by Crippen LogP contribution is 2.31.